The fourth-order valence-electron chi connectivity index (χ4n) is 2.43. The third-order valence-electron chi connectivity index (χ3n) is 3.77. The van der Waals surface area contributed by atoms with Crippen LogP contribution in [0.25, 0.3) is 0 Å². The van der Waals surface area contributed by atoms with Gasteiger partial charge in [0, 0.05) is 25.3 Å². The topological polar surface area (TPSA) is 78.1 Å². The molecular formula is C13H17F3N4O2. The summed E-state index contributed by atoms with van der Waals surface area (Å²) in [4.78, 5) is 23.8. The number of nitrogens with zero attached hydrogens (tertiary/aromatic N) is 2. The van der Waals surface area contributed by atoms with Crippen LogP contribution in [0.5, 0.6) is 0 Å². The number of likely N-dealkylation sites (tertiary alicyclic amines) is 1. The van der Waals surface area contributed by atoms with E-state index in [2.05, 4.69) is 15.5 Å². The van der Waals surface area contributed by atoms with Crippen LogP contribution in [0, 0.1) is 12.8 Å². The van der Waals surface area contributed by atoms with Gasteiger partial charge in [0.1, 0.15) is 0 Å². The zero-order chi connectivity index (χ0) is 16.3. The minimum Gasteiger partial charge on any atom is -0.352 e. The first kappa shape index (κ1) is 16.3. The molecule has 0 bridgehead atoms. The van der Waals surface area contributed by atoms with Crippen LogP contribution in [0.1, 0.15) is 28.9 Å². The van der Waals surface area contributed by atoms with E-state index in [-0.39, 0.29) is 24.9 Å². The molecule has 0 unspecified atom stereocenters. The van der Waals surface area contributed by atoms with Gasteiger partial charge in [0.05, 0.1) is 11.8 Å². The Labute approximate surface area is 125 Å². The highest BCUT2D eigenvalue weighted by Crippen LogP contribution is 2.23. The van der Waals surface area contributed by atoms with E-state index in [1.807, 2.05) is 0 Å². The molecule has 0 atom stereocenters. The Hall–Kier alpha value is -2.06. The molecule has 0 aromatic carbocycles. The van der Waals surface area contributed by atoms with E-state index < -0.39 is 12.1 Å². The molecule has 2 N–H and O–H groups in total. The Morgan fingerprint density at radius 1 is 1.41 bits per heavy atom. The molecule has 2 heterocycles. The van der Waals surface area contributed by atoms with E-state index in [0.717, 1.165) is 4.90 Å². The molecule has 0 radical (unpaired) electrons. The fraction of sp³-hybridized carbons (Fsp3) is 0.615. The average molecular weight is 318 g/mol. The van der Waals surface area contributed by atoms with Gasteiger partial charge in [0.15, 0.2) is 0 Å². The molecule has 1 saturated heterocycles. The molecule has 22 heavy (non-hydrogen) atoms. The lowest BCUT2D eigenvalue weighted by molar-refractivity contribution is -0.186. The van der Waals surface area contributed by atoms with Gasteiger partial charge in [-0.25, -0.2) is 0 Å². The fourth-order valence-corrected chi connectivity index (χ4v) is 2.43. The smallest absolute Gasteiger partial charge is 0.352 e. The predicted octanol–water partition coefficient (Wildman–Crippen LogP) is 1.25. The third kappa shape index (κ3) is 3.77. The quantitative estimate of drug-likeness (QED) is 0.880. The lowest BCUT2D eigenvalue weighted by Crippen LogP contribution is -2.46. The summed E-state index contributed by atoms with van der Waals surface area (Å²) in [7, 11) is 0. The summed E-state index contributed by atoms with van der Waals surface area (Å²) < 4.78 is 37.0. The number of aryl methyl sites for hydroxylation is 1. The third-order valence-corrected chi connectivity index (χ3v) is 3.77. The van der Waals surface area contributed by atoms with Gasteiger partial charge in [-0.15, -0.1) is 0 Å². The van der Waals surface area contributed by atoms with Crippen molar-refractivity contribution in [2.24, 2.45) is 5.92 Å². The van der Waals surface area contributed by atoms with Crippen LogP contribution >= 0.6 is 0 Å². The summed E-state index contributed by atoms with van der Waals surface area (Å²) in [6.45, 7) is 2.22. The number of nitrogens with one attached hydrogen (secondary N) is 2. The van der Waals surface area contributed by atoms with Crippen molar-refractivity contribution in [1.82, 2.24) is 20.4 Å². The SMILES string of the molecule is Cc1[nH]ncc1C(=O)NCC1CCN(C(=O)C(F)(F)F)CC1. The zero-order valence-electron chi connectivity index (χ0n) is 12.0. The summed E-state index contributed by atoms with van der Waals surface area (Å²) in [6, 6.07) is 0. The van der Waals surface area contributed by atoms with Crippen molar-refractivity contribution in [3.05, 3.63) is 17.5 Å². The number of H-pyrrole nitrogens is 1. The second-order valence-electron chi connectivity index (χ2n) is 5.35. The molecule has 0 aliphatic carbocycles. The van der Waals surface area contributed by atoms with Gasteiger partial charge in [0.2, 0.25) is 0 Å². The number of hydrogen-bond donors (Lipinski definition) is 2. The van der Waals surface area contributed by atoms with Crippen LogP contribution in [-0.2, 0) is 4.79 Å². The molecule has 0 saturated carbocycles. The maximum absolute atomic E-state index is 12.3. The Kier molecular flexibility index (Phi) is 4.72. The average Bonchev–Trinajstić information content (AvgIpc) is 2.90. The summed E-state index contributed by atoms with van der Waals surface area (Å²) in [5.41, 5.74) is 1.10. The first-order chi connectivity index (χ1) is 10.3. The summed E-state index contributed by atoms with van der Waals surface area (Å²) in [6.07, 6.45) is -2.52. The number of piperidine rings is 1. The van der Waals surface area contributed by atoms with Gasteiger partial charge in [-0.2, -0.15) is 18.3 Å². The van der Waals surface area contributed by atoms with Crippen LogP contribution in [-0.4, -0.2) is 52.7 Å². The van der Waals surface area contributed by atoms with E-state index in [1.54, 1.807) is 6.92 Å². The predicted molar refractivity (Wildman–Crippen MR) is 71.0 cm³/mol. The lowest BCUT2D eigenvalue weighted by Gasteiger charge is -2.32. The molecule has 122 valence electrons. The molecule has 6 nitrogen and oxygen atoms in total. The second kappa shape index (κ2) is 6.37. The minimum atomic E-state index is -4.82. The Balaban J connectivity index is 1.77. The summed E-state index contributed by atoms with van der Waals surface area (Å²) in [5, 5.41) is 9.16. The van der Waals surface area contributed by atoms with Crippen LogP contribution in [0.15, 0.2) is 6.20 Å². The molecular weight excluding hydrogens is 301 g/mol. The van der Waals surface area contributed by atoms with Crippen LogP contribution in [0.4, 0.5) is 13.2 Å². The normalized spacial score (nSPS) is 16.6. The van der Waals surface area contributed by atoms with Gasteiger partial charge in [-0.05, 0) is 25.7 Å². The summed E-state index contributed by atoms with van der Waals surface area (Å²) >= 11 is 0. The standard InChI is InChI=1S/C13H17F3N4O2/c1-8-10(7-18-19-8)11(21)17-6-9-2-4-20(5-3-9)12(22)13(14,15)16/h7,9H,2-6H2,1H3,(H,17,21)(H,18,19). The molecule has 1 aliphatic heterocycles. The number of rotatable bonds is 3. The van der Waals surface area contributed by atoms with E-state index in [1.165, 1.54) is 6.20 Å². The molecule has 0 spiro atoms. The van der Waals surface area contributed by atoms with Gasteiger partial charge >= 0.3 is 12.1 Å². The van der Waals surface area contributed by atoms with Crippen LogP contribution in [0.2, 0.25) is 0 Å². The summed E-state index contributed by atoms with van der Waals surface area (Å²) in [5.74, 6) is -1.99. The number of aromatic nitrogens is 2. The maximum atomic E-state index is 12.3. The highest BCUT2D eigenvalue weighted by atomic mass is 19.4. The number of alkyl halides is 3. The Bertz CT molecular complexity index is 548. The minimum absolute atomic E-state index is 0.0591. The van der Waals surface area contributed by atoms with Crippen molar-refractivity contribution in [3.8, 4) is 0 Å². The van der Waals surface area contributed by atoms with Crippen LogP contribution in [0.3, 0.4) is 0 Å². The molecule has 1 aromatic heterocycles. The van der Waals surface area contributed by atoms with Gasteiger partial charge < -0.3 is 10.2 Å². The van der Waals surface area contributed by atoms with Crippen molar-refractivity contribution in [3.63, 3.8) is 0 Å². The first-order valence-corrected chi connectivity index (χ1v) is 6.93. The van der Waals surface area contributed by atoms with E-state index in [9.17, 15) is 22.8 Å². The maximum Gasteiger partial charge on any atom is 0.471 e. The van der Waals surface area contributed by atoms with Crippen molar-refractivity contribution in [1.29, 1.82) is 0 Å². The number of carbonyl (C=O) groups excluding carboxylic acids is 2. The largest absolute Gasteiger partial charge is 0.471 e. The van der Waals surface area contributed by atoms with Gasteiger partial charge in [-0.3, -0.25) is 14.7 Å². The second-order valence-corrected chi connectivity index (χ2v) is 5.35. The molecule has 2 rings (SSSR count). The molecule has 1 fully saturated rings. The highest BCUT2D eigenvalue weighted by molar-refractivity contribution is 5.94. The van der Waals surface area contributed by atoms with Crippen molar-refractivity contribution in [2.75, 3.05) is 19.6 Å². The molecule has 2 amide bonds. The van der Waals surface area contributed by atoms with Crippen molar-refractivity contribution in [2.45, 2.75) is 25.9 Å². The Morgan fingerprint density at radius 3 is 2.55 bits per heavy atom. The van der Waals surface area contributed by atoms with Gasteiger partial charge in [-0.1, -0.05) is 0 Å². The monoisotopic (exact) mass is 318 g/mol. The number of carbonyl (C=O) groups is 2. The Morgan fingerprint density at radius 2 is 2.05 bits per heavy atom. The van der Waals surface area contributed by atoms with Crippen LogP contribution < -0.4 is 5.32 Å². The van der Waals surface area contributed by atoms with Crippen molar-refractivity contribution >= 4 is 11.8 Å². The number of amides is 2. The van der Waals surface area contributed by atoms with Gasteiger partial charge in [0.25, 0.3) is 5.91 Å². The first-order valence-electron chi connectivity index (χ1n) is 6.93. The van der Waals surface area contributed by atoms with E-state index >= 15 is 0 Å². The lowest BCUT2D eigenvalue weighted by atomic mass is 9.96. The van der Waals surface area contributed by atoms with Crippen molar-refractivity contribution < 1.29 is 22.8 Å². The number of hydrogen-bond acceptors (Lipinski definition) is 3. The molecule has 1 aromatic rings. The van der Waals surface area contributed by atoms with E-state index in [0.29, 0.717) is 30.6 Å². The number of aromatic amines is 1. The zero-order valence-corrected chi connectivity index (χ0v) is 12.0. The molecule has 1 aliphatic rings. The highest BCUT2D eigenvalue weighted by Gasteiger charge is 2.43. The van der Waals surface area contributed by atoms with E-state index in [4.69, 9.17) is 0 Å². The number of halogens is 3. The molecule has 9 heteroatoms.